The van der Waals surface area contributed by atoms with Crippen molar-refractivity contribution in [2.75, 3.05) is 12.3 Å². The number of nitrogens with zero attached hydrogens (tertiary/aromatic N) is 2. The summed E-state index contributed by atoms with van der Waals surface area (Å²) < 4.78 is 1.64. The van der Waals surface area contributed by atoms with Crippen molar-refractivity contribution < 1.29 is 9.90 Å². The number of rotatable bonds is 4. The van der Waals surface area contributed by atoms with E-state index in [4.69, 9.17) is 0 Å². The van der Waals surface area contributed by atoms with Gasteiger partial charge in [-0.1, -0.05) is 0 Å². The van der Waals surface area contributed by atoms with E-state index in [1.807, 2.05) is 11.4 Å². The van der Waals surface area contributed by atoms with Crippen LogP contribution < -0.4 is 5.32 Å². The lowest BCUT2D eigenvalue weighted by Crippen LogP contribution is -2.40. The van der Waals surface area contributed by atoms with Crippen LogP contribution in [-0.2, 0) is 23.9 Å². The Kier molecular flexibility index (Phi) is 4.29. The fourth-order valence-corrected chi connectivity index (χ4v) is 4.83. The zero-order chi connectivity index (χ0) is 15.7. The topological polar surface area (TPSA) is 67.2 Å². The number of aromatic nitrogens is 2. The summed E-state index contributed by atoms with van der Waals surface area (Å²) in [7, 11) is 1.80. The normalized spacial score (nSPS) is 20.2. The number of thiophene rings is 1. The van der Waals surface area contributed by atoms with E-state index in [9.17, 15) is 9.90 Å². The molecule has 118 valence electrons. The van der Waals surface area contributed by atoms with Crippen LogP contribution in [0.5, 0.6) is 0 Å². The first-order chi connectivity index (χ1) is 10.5. The number of aryl methyl sites for hydroxylation is 2. The summed E-state index contributed by atoms with van der Waals surface area (Å²) in [5.74, 6) is 0.929. The van der Waals surface area contributed by atoms with Gasteiger partial charge in [-0.2, -0.15) is 5.10 Å². The van der Waals surface area contributed by atoms with Gasteiger partial charge in [0.25, 0.3) is 0 Å². The fourth-order valence-electron chi connectivity index (χ4n) is 2.52. The number of hydrogen-bond acceptors (Lipinski definition) is 5. The van der Waals surface area contributed by atoms with Gasteiger partial charge in [0.15, 0.2) is 0 Å². The Morgan fingerprint density at radius 3 is 3.18 bits per heavy atom. The Morgan fingerprint density at radius 1 is 1.64 bits per heavy atom. The van der Waals surface area contributed by atoms with Crippen LogP contribution in [0.1, 0.15) is 28.2 Å². The third-order valence-electron chi connectivity index (χ3n) is 3.85. The number of carbonyl (C=O) groups excluding carboxylic acids is 1. The van der Waals surface area contributed by atoms with Gasteiger partial charge in [0.2, 0.25) is 5.91 Å². The molecule has 0 radical (unpaired) electrons. The summed E-state index contributed by atoms with van der Waals surface area (Å²) in [6.45, 7) is 1.86. The average Bonchev–Trinajstić information content (AvgIpc) is 3.13. The molecule has 2 unspecified atom stereocenters. The van der Waals surface area contributed by atoms with Crippen molar-refractivity contribution in [1.82, 2.24) is 15.1 Å². The third kappa shape index (κ3) is 3.06. The molecule has 0 fully saturated rings. The molecule has 3 rings (SSSR count). The van der Waals surface area contributed by atoms with E-state index in [1.165, 1.54) is 4.88 Å². The highest BCUT2D eigenvalue weighted by molar-refractivity contribution is 8.00. The van der Waals surface area contributed by atoms with Crippen molar-refractivity contribution in [3.05, 3.63) is 39.8 Å². The van der Waals surface area contributed by atoms with E-state index in [2.05, 4.69) is 10.4 Å². The first-order valence-electron chi connectivity index (χ1n) is 7.14. The lowest BCUT2D eigenvalue weighted by molar-refractivity contribution is -0.121. The van der Waals surface area contributed by atoms with Crippen molar-refractivity contribution >= 4 is 29.0 Å². The standard InChI is InChI=1S/C15H19N3O2S2/c1-15(20,10-7-17-18(2)8-10)9-16-14(19)13-11-3-5-21-12(11)4-6-22-13/h3,5,7-8,13,20H,4,6,9H2,1-2H3,(H,16,19). The van der Waals surface area contributed by atoms with Crippen molar-refractivity contribution in [2.24, 2.45) is 7.05 Å². The van der Waals surface area contributed by atoms with Gasteiger partial charge in [0, 0.05) is 23.7 Å². The van der Waals surface area contributed by atoms with Crippen LogP contribution >= 0.6 is 23.1 Å². The molecule has 1 aliphatic heterocycles. The quantitative estimate of drug-likeness (QED) is 0.893. The van der Waals surface area contributed by atoms with Crippen LogP contribution in [0.3, 0.4) is 0 Å². The van der Waals surface area contributed by atoms with E-state index in [1.54, 1.807) is 54.1 Å². The first kappa shape index (κ1) is 15.6. The Hall–Kier alpha value is -1.31. The van der Waals surface area contributed by atoms with E-state index in [0.29, 0.717) is 5.56 Å². The monoisotopic (exact) mass is 337 g/mol. The number of fused-ring (bicyclic) bond motifs is 1. The number of hydrogen-bond donors (Lipinski definition) is 2. The Bertz CT molecular complexity index is 678. The number of nitrogens with one attached hydrogen (secondary N) is 1. The molecule has 5 nitrogen and oxygen atoms in total. The molecular weight excluding hydrogens is 318 g/mol. The van der Waals surface area contributed by atoms with Crippen LogP contribution in [0.2, 0.25) is 0 Å². The summed E-state index contributed by atoms with van der Waals surface area (Å²) >= 11 is 3.38. The smallest absolute Gasteiger partial charge is 0.237 e. The van der Waals surface area contributed by atoms with Crippen molar-refractivity contribution in [3.8, 4) is 0 Å². The van der Waals surface area contributed by atoms with Crippen molar-refractivity contribution in [2.45, 2.75) is 24.2 Å². The van der Waals surface area contributed by atoms with Crippen LogP contribution in [0.15, 0.2) is 23.8 Å². The van der Waals surface area contributed by atoms with Gasteiger partial charge in [-0.25, -0.2) is 0 Å². The van der Waals surface area contributed by atoms with Gasteiger partial charge < -0.3 is 10.4 Å². The van der Waals surface area contributed by atoms with Gasteiger partial charge in [-0.15, -0.1) is 23.1 Å². The number of amides is 1. The Labute approximate surface area is 137 Å². The first-order valence-corrected chi connectivity index (χ1v) is 9.07. The molecule has 1 amide bonds. The molecule has 0 saturated heterocycles. The molecule has 3 heterocycles. The number of carbonyl (C=O) groups is 1. The van der Waals surface area contributed by atoms with E-state index >= 15 is 0 Å². The third-order valence-corrected chi connectivity index (χ3v) is 6.09. The molecule has 2 atom stereocenters. The highest BCUT2D eigenvalue weighted by atomic mass is 32.2. The lowest BCUT2D eigenvalue weighted by atomic mass is 9.99. The highest BCUT2D eigenvalue weighted by Crippen LogP contribution is 2.39. The molecule has 0 bridgehead atoms. The van der Waals surface area contributed by atoms with E-state index in [0.717, 1.165) is 17.7 Å². The molecule has 2 aromatic heterocycles. The highest BCUT2D eigenvalue weighted by Gasteiger charge is 2.31. The second kappa shape index (κ2) is 6.06. The summed E-state index contributed by atoms with van der Waals surface area (Å²) in [6, 6.07) is 2.04. The minimum atomic E-state index is -1.12. The summed E-state index contributed by atoms with van der Waals surface area (Å²) in [6.07, 6.45) is 4.42. The molecule has 0 saturated carbocycles. The summed E-state index contributed by atoms with van der Waals surface area (Å²) in [5, 5.41) is 19.4. The SMILES string of the molecule is Cn1cc(C(C)(O)CNC(=O)C2SCCc3sccc32)cn1. The van der Waals surface area contributed by atoms with E-state index in [-0.39, 0.29) is 17.7 Å². The molecule has 22 heavy (non-hydrogen) atoms. The van der Waals surface area contributed by atoms with Gasteiger partial charge in [-0.3, -0.25) is 9.48 Å². The molecule has 1 aliphatic rings. The number of aliphatic hydroxyl groups is 1. The van der Waals surface area contributed by atoms with Crippen LogP contribution in [-0.4, -0.2) is 33.1 Å². The van der Waals surface area contributed by atoms with Crippen LogP contribution in [0.25, 0.3) is 0 Å². The number of thioether (sulfide) groups is 1. The van der Waals surface area contributed by atoms with E-state index < -0.39 is 5.60 Å². The zero-order valence-corrected chi connectivity index (χ0v) is 14.2. The Balaban J connectivity index is 1.66. The van der Waals surface area contributed by atoms with Gasteiger partial charge in [0.1, 0.15) is 10.9 Å². The molecular formula is C15H19N3O2S2. The largest absolute Gasteiger partial charge is 0.383 e. The van der Waals surface area contributed by atoms with Gasteiger partial charge >= 0.3 is 0 Å². The maximum atomic E-state index is 12.5. The lowest BCUT2D eigenvalue weighted by Gasteiger charge is -2.26. The van der Waals surface area contributed by atoms with Crippen LogP contribution in [0, 0.1) is 0 Å². The van der Waals surface area contributed by atoms with Gasteiger partial charge in [-0.05, 0) is 36.1 Å². The van der Waals surface area contributed by atoms with Crippen LogP contribution in [0.4, 0.5) is 0 Å². The predicted molar refractivity (Wildman–Crippen MR) is 89.0 cm³/mol. The zero-order valence-electron chi connectivity index (χ0n) is 12.6. The van der Waals surface area contributed by atoms with Crippen molar-refractivity contribution in [3.63, 3.8) is 0 Å². The molecule has 0 spiro atoms. The van der Waals surface area contributed by atoms with Crippen molar-refractivity contribution in [1.29, 1.82) is 0 Å². The molecule has 7 heteroatoms. The second-order valence-corrected chi connectivity index (χ2v) is 7.91. The van der Waals surface area contributed by atoms with Gasteiger partial charge in [0.05, 0.1) is 12.7 Å². The predicted octanol–water partition coefficient (Wildman–Crippen LogP) is 1.84. The molecule has 2 aromatic rings. The minimum Gasteiger partial charge on any atom is -0.383 e. The molecule has 0 aromatic carbocycles. The summed E-state index contributed by atoms with van der Waals surface area (Å²) in [4.78, 5) is 13.8. The summed E-state index contributed by atoms with van der Waals surface area (Å²) in [5.41, 5.74) is 0.698. The maximum absolute atomic E-state index is 12.5. The maximum Gasteiger partial charge on any atom is 0.237 e. The average molecular weight is 337 g/mol. The minimum absolute atomic E-state index is 0.0338. The fraction of sp³-hybridized carbons (Fsp3) is 0.467. The Morgan fingerprint density at radius 2 is 2.45 bits per heavy atom. The molecule has 2 N–H and O–H groups in total. The second-order valence-electron chi connectivity index (χ2n) is 5.69. The molecule has 0 aliphatic carbocycles.